The Morgan fingerprint density at radius 1 is 1.22 bits per heavy atom. The van der Waals surface area contributed by atoms with Gasteiger partial charge in [-0.3, -0.25) is 4.90 Å². The fourth-order valence-electron chi connectivity index (χ4n) is 2.05. The van der Waals surface area contributed by atoms with E-state index < -0.39 is 5.60 Å². The van der Waals surface area contributed by atoms with Crippen molar-refractivity contribution in [3.05, 3.63) is 0 Å². The highest BCUT2D eigenvalue weighted by molar-refractivity contribution is 7.81. The van der Waals surface area contributed by atoms with E-state index in [1.54, 1.807) is 0 Å². The lowest BCUT2D eigenvalue weighted by Crippen LogP contribution is -2.50. The fourth-order valence-corrected chi connectivity index (χ4v) is 2.25. The van der Waals surface area contributed by atoms with Gasteiger partial charge in [-0.15, -0.1) is 0 Å². The van der Waals surface area contributed by atoms with Gasteiger partial charge in [0.05, 0.1) is 4.87 Å². The van der Waals surface area contributed by atoms with Crippen molar-refractivity contribution in [3.8, 4) is 0 Å². The quantitative estimate of drug-likeness (QED) is 0.761. The summed E-state index contributed by atoms with van der Waals surface area (Å²) in [5.74, 6) is 0. The van der Waals surface area contributed by atoms with E-state index in [1.807, 2.05) is 20.8 Å². The number of nitrogens with one attached hydrogen (secondary N) is 1. The number of likely N-dealkylation sites (tertiary alicyclic amines) is 1. The van der Waals surface area contributed by atoms with Gasteiger partial charge in [0, 0.05) is 19.1 Å². The van der Waals surface area contributed by atoms with Gasteiger partial charge < -0.3 is 10.1 Å². The molecule has 0 unspecified atom stereocenters. The first kappa shape index (κ1) is 15.6. The highest BCUT2D eigenvalue weighted by atomic mass is 32.1. The summed E-state index contributed by atoms with van der Waals surface area (Å²) in [4.78, 5) is 13.9. The zero-order chi connectivity index (χ0) is 14.0. The molecule has 0 atom stereocenters. The minimum Gasteiger partial charge on any atom is -0.444 e. The lowest BCUT2D eigenvalue weighted by molar-refractivity contribution is 0.0468. The summed E-state index contributed by atoms with van der Waals surface area (Å²) in [6.07, 6.45) is 1.58. The van der Waals surface area contributed by atoms with E-state index in [0.717, 1.165) is 25.9 Å². The Labute approximate surface area is 116 Å². The second-order valence-corrected chi connectivity index (χ2v) is 7.50. The molecule has 1 aliphatic heterocycles. The molecule has 5 heteroatoms. The predicted molar refractivity (Wildman–Crippen MR) is 77.0 cm³/mol. The van der Waals surface area contributed by atoms with E-state index in [9.17, 15) is 4.79 Å². The van der Waals surface area contributed by atoms with Crippen LogP contribution in [0.5, 0.6) is 0 Å². The zero-order valence-electron chi connectivity index (χ0n) is 12.1. The SMILES string of the molecule is CC(C)(C)OC(=O)NC1CCN(C(C)(C)S)CC1. The van der Waals surface area contributed by atoms with E-state index in [0.29, 0.717) is 0 Å². The van der Waals surface area contributed by atoms with Gasteiger partial charge in [-0.05, 0) is 47.5 Å². The molecule has 0 radical (unpaired) electrons. The van der Waals surface area contributed by atoms with Crippen molar-refractivity contribution in [3.63, 3.8) is 0 Å². The van der Waals surface area contributed by atoms with Crippen LogP contribution in [0.4, 0.5) is 4.79 Å². The molecule has 0 aliphatic carbocycles. The molecule has 18 heavy (non-hydrogen) atoms. The van der Waals surface area contributed by atoms with Crippen molar-refractivity contribution in [2.24, 2.45) is 0 Å². The number of hydrogen-bond donors (Lipinski definition) is 2. The van der Waals surface area contributed by atoms with Crippen molar-refractivity contribution < 1.29 is 9.53 Å². The van der Waals surface area contributed by atoms with Crippen molar-refractivity contribution >= 4 is 18.7 Å². The number of rotatable bonds is 2. The van der Waals surface area contributed by atoms with E-state index in [2.05, 4.69) is 36.7 Å². The van der Waals surface area contributed by atoms with Gasteiger partial charge in [0.2, 0.25) is 0 Å². The molecule has 1 rings (SSSR count). The van der Waals surface area contributed by atoms with Crippen LogP contribution in [0.1, 0.15) is 47.5 Å². The van der Waals surface area contributed by atoms with Crippen LogP contribution in [0.2, 0.25) is 0 Å². The van der Waals surface area contributed by atoms with Crippen LogP contribution in [0.25, 0.3) is 0 Å². The van der Waals surface area contributed by atoms with Gasteiger partial charge in [-0.25, -0.2) is 4.79 Å². The summed E-state index contributed by atoms with van der Waals surface area (Å²) in [6, 6.07) is 0.215. The summed E-state index contributed by atoms with van der Waals surface area (Å²) in [5.41, 5.74) is -0.433. The summed E-state index contributed by atoms with van der Waals surface area (Å²) in [6.45, 7) is 11.7. The molecule has 0 saturated carbocycles. The predicted octanol–water partition coefficient (Wildman–Crippen LogP) is 2.64. The first-order valence-electron chi connectivity index (χ1n) is 6.55. The van der Waals surface area contributed by atoms with Crippen LogP contribution in [0.3, 0.4) is 0 Å². The molecule has 4 nitrogen and oxygen atoms in total. The van der Waals surface area contributed by atoms with Crippen molar-refractivity contribution in [1.82, 2.24) is 10.2 Å². The van der Waals surface area contributed by atoms with Gasteiger partial charge in [0.15, 0.2) is 0 Å². The van der Waals surface area contributed by atoms with E-state index in [4.69, 9.17) is 4.74 Å². The Morgan fingerprint density at radius 2 is 1.72 bits per heavy atom. The summed E-state index contributed by atoms with van der Waals surface area (Å²) < 4.78 is 5.26. The van der Waals surface area contributed by atoms with Crippen molar-refractivity contribution in [2.75, 3.05) is 13.1 Å². The third-order valence-corrected chi connectivity index (χ3v) is 3.27. The Bertz CT molecular complexity index is 286. The highest BCUT2D eigenvalue weighted by Gasteiger charge is 2.29. The number of hydrogen-bond acceptors (Lipinski definition) is 4. The molecule has 1 aliphatic rings. The average molecular weight is 274 g/mol. The zero-order valence-corrected chi connectivity index (χ0v) is 13.0. The number of carbonyl (C=O) groups is 1. The standard InChI is InChI=1S/C13H26N2O2S/c1-12(2,3)17-11(16)14-10-6-8-15(9-7-10)13(4,5)18/h10,18H,6-9H2,1-5H3,(H,14,16). The third-order valence-electron chi connectivity index (χ3n) is 2.99. The molecule has 0 spiro atoms. The van der Waals surface area contributed by atoms with Crippen LogP contribution < -0.4 is 5.32 Å². The molecular weight excluding hydrogens is 248 g/mol. The normalized spacial score (nSPS) is 19.7. The van der Waals surface area contributed by atoms with Gasteiger partial charge in [-0.1, -0.05) is 0 Å². The molecule has 1 heterocycles. The Balaban J connectivity index is 2.34. The first-order chi connectivity index (χ1) is 8.08. The molecule has 0 bridgehead atoms. The smallest absolute Gasteiger partial charge is 0.407 e. The maximum Gasteiger partial charge on any atom is 0.407 e. The summed E-state index contributed by atoms with van der Waals surface area (Å²) >= 11 is 4.57. The van der Waals surface area contributed by atoms with E-state index in [1.165, 1.54) is 0 Å². The number of carbonyl (C=O) groups excluding carboxylic acids is 1. The fraction of sp³-hybridized carbons (Fsp3) is 0.923. The number of thiol groups is 1. The van der Waals surface area contributed by atoms with E-state index >= 15 is 0 Å². The number of nitrogens with zero attached hydrogens (tertiary/aromatic N) is 1. The number of ether oxygens (including phenoxy) is 1. The van der Waals surface area contributed by atoms with Crippen LogP contribution in [0, 0.1) is 0 Å². The Kier molecular flexibility index (Phi) is 4.95. The topological polar surface area (TPSA) is 41.6 Å². The van der Waals surface area contributed by atoms with Crippen LogP contribution in [-0.2, 0) is 4.74 Å². The third kappa shape index (κ3) is 5.48. The lowest BCUT2D eigenvalue weighted by Gasteiger charge is -2.40. The van der Waals surface area contributed by atoms with Gasteiger partial charge in [0.25, 0.3) is 0 Å². The van der Waals surface area contributed by atoms with Crippen molar-refractivity contribution in [1.29, 1.82) is 0 Å². The maximum absolute atomic E-state index is 11.6. The molecule has 0 aromatic rings. The molecule has 0 aromatic heterocycles. The minimum atomic E-state index is -0.433. The minimum absolute atomic E-state index is 0.0864. The molecule has 0 aromatic carbocycles. The monoisotopic (exact) mass is 274 g/mol. The highest BCUT2D eigenvalue weighted by Crippen LogP contribution is 2.23. The van der Waals surface area contributed by atoms with Crippen LogP contribution >= 0.6 is 12.6 Å². The van der Waals surface area contributed by atoms with E-state index in [-0.39, 0.29) is 17.0 Å². The molecule has 1 saturated heterocycles. The van der Waals surface area contributed by atoms with Crippen LogP contribution in [0.15, 0.2) is 0 Å². The van der Waals surface area contributed by atoms with Gasteiger partial charge in [0.1, 0.15) is 5.60 Å². The second kappa shape index (κ2) is 5.70. The average Bonchev–Trinajstić information content (AvgIpc) is 2.13. The molecule has 106 valence electrons. The number of alkyl carbamates (subject to hydrolysis) is 1. The number of amides is 1. The van der Waals surface area contributed by atoms with Crippen molar-refractivity contribution in [2.45, 2.75) is 64.0 Å². The second-order valence-electron chi connectivity index (χ2n) is 6.40. The Hall–Kier alpha value is -0.420. The molecular formula is C13H26N2O2S. The van der Waals surface area contributed by atoms with Crippen LogP contribution in [-0.4, -0.2) is 40.6 Å². The largest absolute Gasteiger partial charge is 0.444 e. The maximum atomic E-state index is 11.6. The molecule has 1 amide bonds. The summed E-state index contributed by atoms with van der Waals surface area (Å²) in [5, 5.41) is 2.93. The Morgan fingerprint density at radius 3 is 2.11 bits per heavy atom. The van der Waals surface area contributed by atoms with Gasteiger partial charge >= 0.3 is 6.09 Å². The first-order valence-corrected chi connectivity index (χ1v) is 6.99. The molecule has 1 fully saturated rings. The number of piperidine rings is 1. The molecule has 1 N–H and O–H groups in total. The lowest BCUT2D eigenvalue weighted by atomic mass is 10.0. The van der Waals surface area contributed by atoms with Gasteiger partial charge in [-0.2, -0.15) is 12.6 Å². The summed E-state index contributed by atoms with van der Waals surface area (Å²) in [7, 11) is 0.